The molecule has 0 unspecified atom stereocenters. The van der Waals surface area contributed by atoms with Crippen molar-refractivity contribution in [1.82, 2.24) is 5.32 Å². The first-order valence-electron chi connectivity index (χ1n) is 9.30. The first-order chi connectivity index (χ1) is 14.3. The Hall–Kier alpha value is -3.75. The Morgan fingerprint density at radius 2 is 1.73 bits per heavy atom. The predicted octanol–water partition coefficient (Wildman–Crippen LogP) is 2.46. The third kappa shape index (κ3) is 7.01. The Bertz CT molecular complexity index is 914. The van der Waals surface area contributed by atoms with Gasteiger partial charge in [0, 0.05) is 17.8 Å². The van der Waals surface area contributed by atoms with Crippen LogP contribution in [0.15, 0.2) is 54.6 Å². The predicted molar refractivity (Wildman–Crippen MR) is 110 cm³/mol. The minimum atomic E-state index is -0.910. The lowest BCUT2D eigenvalue weighted by Gasteiger charge is -2.20. The van der Waals surface area contributed by atoms with Crippen molar-refractivity contribution in [2.75, 3.05) is 11.9 Å². The molecule has 2 rings (SSSR count). The second kappa shape index (κ2) is 10.7. The number of benzene rings is 2. The van der Waals surface area contributed by atoms with Crippen molar-refractivity contribution >= 4 is 29.2 Å². The molecule has 0 saturated heterocycles. The summed E-state index contributed by atoms with van der Waals surface area (Å²) in [5.74, 6) is -1.97. The van der Waals surface area contributed by atoms with Gasteiger partial charge in [-0.05, 0) is 17.5 Å². The van der Waals surface area contributed by atoms with E-state index in [2.05, 4.69) is 10.6 Å². The van der Waals surface area contributed by atoms with E-state index < -0.39 is 29.4 Å². The second-order valence-corrected chi connectivity index (χ2v) is 6.91. The van der Waals surface area contributed by atoms with Crippen molar-refractivity contribution in [2.45, 2.75) is 26.3 Å². The number of carbonyl (C=O) groups is 3. The molecule has 158 valence electrons. The second-order valence-electron chi connectivity index (χ2n) is 6.91. The van der Waals surface area contributed by atoms with Crippen LogP contribution in [0.3, 0.4) is 0 Å². The topological polar surface area (TPSA) is 128 Å². The molecule has 0 bridgehead atoms. The van der Waals surface area contributed by atoms with Gasteiger partial charge in [-0.3, -0.25) is 19.7 Å². The number of hydrogen-bond acceptors (Lipinski definition) is 6. The van der Waals surface area contributed by atoms with Gasteiger partial charge in [0.25, 0.3) is 11.6 Å². The quantitative estimate of drug-likeness (QED) is 0.369. The molecule has 0 aliphatic rings. The van der Waals surface area contributed by atoms with Crippen LogP contribution in [-0.4, -0.2) is 35.4 Å². The first-order valence-corrected chi connectivity index (χ1v) is 9.30. The molecule has 0 aliphatic carbocycles. The summed E-state index contributed by atoms with van der Waals surface area (Å²) in [5, 5.41) is 15.8. The van der Waals surface area contributed by atoms with E-state index in [1.165, 1.54) is 24.3 Å². The highest BCUT2D eigenvalue weighted by Crippen LogP contribution is 2.17. The van der Waals surface area contributed by atoms with E-state index in [1.54, 1.807) is 26.0 Å². The molecular formula is C21H23N3O6. The van der Waals surface area contributed by atoms with Crippen molar-refractivity contribution in [3.05, 3.63) is 70.3 Å². The molecule has 0 heterocycles. The normalized spacial score (nSPS) is 11.4. The largest absolute Gasteiger partial charge is 0.454 e. The zero-order valence-corrected chi connectivity index (χ0v) is 16.7. The SMILES string of the molecule is CC(C)[C@H](NC(=O)Cc1ccccc1)C(=O)OCC(=O)Nc1cccc([N+](=O)[O-])c1. The summed E-state index contributed by atoms with van der Waals surface area (Å²) in [5.41, 5.74) is 0.842. The van der Waals surface area contributed by atoms with E-state index in [0.29, 0.717) is 0 Å². The number of nitro benzene ring substituents is 1. The van der Waals surface area contributed by atoms with E-state index in [1.807, 2.05) is 18.2 Å². The minimum Gasteiger partial charge on any atom is -0.454 e. The number of rotatable bonds is 9. The van der Waals surface area contributed by atoms with Crippen molar-refractivity contribution in [1.29, 1.82) is 0 Å². The van der Waals surface area contributed by atoms with Crippen LogP contribution in [-0.2, 0) is 25.5 Å². The Morgan fingerprint density at radius 3 is 2.37 bits per heavy atom. The fourth-order valence-corrected chi connectivity index (χ4v) is 2.62. The van der Waals surface area contributed by atoms with Gasteiger partial charge in [0.1, 0.15) is 6.04 Å². The number of esters is 1. The number of non-ortho nitro benzene ring substituents is 1. The average molecular weight is 413 g/mol. The van der Waals surface area contributed by atoms with Crippen molar-refractivity contribution in [2.24, 2.45) is 5.92 Å². The first kappa shape index (κ1) is 22.5. The highest BCUT2D eigenvalue weighted by molar-refractivity contribution is 5.94. The average Bonchev–Trinajstić information content (AvgIpc) is 2.71. The number of carbonyl (C=O) groups excluding carboxylic acids is 3. The van der Waals surface area contributed by atoms with Gasteiger partial charge >= 0.3 is 5.97 Å². The molecule has 9 heteroatoms. The van der Waals surface area contributed by atoms with Crippen molar-refractivity contribution in [3.63, 3.8) is 0 Å². The molecule has 0 spiro atoms. The number of anilines is 1. The summed E-state index contributed by atoms with van der Waals surface area (Å²) in [4.78, 5) is 46.8. The number of nitro groups is 1. The van der Waals surface area contributed by atoms with Crippen LogP contribution < -0.4 is 10.6 Å². The lowest BCUT2D eigenvalue weighted by molar-refractivity contribution is -0.384. The summed E-state index contributed by atoms with van der Waals surface area (Å²) in [6, 6.07) is 13.6. The van der Waals surface area contributed by atoms with Gasteiger partial charge in [-0.15, -0.1) is 0 Å². The summed E-state index contributed by atoms with van der Waals surface area (Å²) in [6.07, 6.45) is 0.116. The van der Waals surface area contributed by atoms with E-state index in [9.17, 15) is 24.5 Å². The molecule has 0 saturated carbocycles. The molecule has 9 nitrogen and oxygen atoms in total. The number of ether oxygens (including phenoxy) is 1. The van der Waals surface area contributed by atoms with Crippen LogP contribution >= 0.6 is 0 Å². The monoisotopic (exact) mass is 413 g/mol. The number of nitrogens with one attached hydrogen (secondary N) is 2. The highest BCUT2D eigenvalue weighted by Gasteiger charge is 2.26. The molecule has 0 aliphatic heterocycles. The molecule has 0 radical (unpaired) electrons. The van der Waals surface area contributed by atoms with Gasteiger partial charge < -0.3 is 15.4 Å². The number of amides is 2. The van der Waals surface area contributed by atoms with Crippen LogP contribution in [0.25, 0.3) is 0 Å². The highest BCUT2D eigenvalue weighted by atomic mass is 16.6. The molecule has 1 atom stereocenters. The van der Waals surface area contributed by atoms with Gasteiger partial charge in [-0.25, -0.2) is 4.79 Å². The maximum Gasteiger partial charge on any atom is 0.329 e. The molecule has 2 amide bonds. The summed E-state index contributed by atoms with van der Waals surface area (Å²) in [7, 11) is 0. The number of hydrogen-bond donors (Lipinski definition) is 2. The van der Waals surface area contributed by atoms with Gasteiger partial charge in [-0.1, -0.05) is 50.2 Å². The molecule has 0 fully saturated rings. The molecule has 2 aromatic carbocycles. The summed E-state index contributed by atoms with van der Waals surface area (Å²) < 4.78 is 5.03. The third-order valence-corrected chi connectivity index (χ3v) is 4.13. The Labute approximate surface area is 173 Å². The third-order valence-electron chi connectivity index (χ3n) is 4.13. The van der Waals surface area contributed by atoms with Gasteiger partial charge in [0.2, 0.25) is 5.91 Å². The molecule has 2 aromatic rings. The Morgan fingerprint density at radius 1 is 1.03 bits per heavy atom. The van der Waals surface area contributed by atoms with E-state index in [4.69, 9.17) is 4.74 Å². The summed E-state index contributed by atoms with van der Waals surface area (Å²) in [6.45, 7) is 2.91. The van der Waals surface area contributed by atoms with Crippen molar-refractivity contribution < 1.29 is 24.0 Å². The lowest BCUT2D eigenvalue weighted by atomic mass is 10.0. The molecular weight excluding hydrogens is 390 g/mol. The van der Waals surface area contributed by atoms with Crippen LogP contribution in [0.4, 0.5) is 11.4 Å². The Balaban J connectivity index is 1.88. The lowest BCUT2D eigenvalue weighted by Crippen LogP contribution is -2.46. The van der Waals surface area contributed by atoms with Gasteiger partial charge in [-0.2, -0.15) is 0 Å². The smallest absolute Gasteiger partial charge is 0.329 e. The molecule has 2 N–H and O–H groups in total. The van der Waals surface area contributed by atoms with Crippen molar-refractivity contribution in [3.8, 4) is 0 Å². The Kier molecular flexibility index (Phi) is 8.04. The molecule has 30 heavy (non-hydrogen) atoms. The maximum atomic E-state index is 12.4. The fourth-order valence-electron chi connectivity index (χ4n) is 2.62. The molecule has 0 aromatic heterocycles. The van der Waals surface area contributed by atoms with E-state index in [0.717, 1.165) is 5.56 Å². The van der Waals surface area contributed by atoms with E-state index in [-0.39, 0.29) is 29.6 Å². The van der Waals surface area contributed by atoms with Crippen LogP contribution in [0.1, 0.15) is 19.4 Å². The van der Waals surface area contributed by atoms with Crippen LogP contribution in [0.5, 0.6) is 0 Å². The standard InChI is InChI=1S/C21H23N3O6/c1-14(2)20(23-18(25)11-15-7-4-3-5-8-15)21(27)30-13-19(26)22-16-9-6-10-17(12-16)24(28)29/h3-10,12,14,20H,11,13H2,1-2H3,(H,22,26)(H,23,25)/t20-/m0/s1. The fraction of sp³-hybridized carbons (Fsp3) is 0.286. The van der Waals surface area contributed by atoms with E-state index >= 15 is 0 Å². The van der Waals surface area contributed by atoms with Gasteiger partial charge in [0.05, 0.1) is 11.3 Å². The number of nitrogens with zero attached hydrogens (tertiary/aromatic N) is 1. The van der Waals surface area contributed by atoms with Crippen LogP contribution in [0.2, 0.25) is 0 Å². The summed E-state index contributed by atoms with van der Waals surface area (Å²) >= 11 is 0. The maximum absolute atomic E-state index is 12.4. The zero-order valence-electron chi connectivity index (χ0n) is 16.7. The van der Waals surface area contributed by atoms with Gasteiger partial charge in [0.15, 0.2) is 6.61 Å². The minimum absolute atomic E-state index is 0.116. The van der Waals surface area contributed by atoms with Crippen LogP contribution in [0, 0.1) is 16.0 Å². The zero-order chi connectivity index (χ0) is 22.1.